The van der Waals surface area contributed by atoms with Crippen LogP contribution >= 0.6 is 0 Å². The zero-order valence-electron chi connectivity index (χ0n) is 14.4. The molecule has 4 aliphatic carbocycles. The molecule has 0 radical (unpaired) electrons. The number of aromatic nitrogens is 1. The lowest BCUT2D eigenvalue weighted by Gasteiger charge is -2.58. The molecule has 1 aromatic carbocycles. The highest BCUT2D eigenvalue weighted by Gasteiger charge is 2.52. The van der Waals surface area contributed by atoms with Crippen molar-refractivity contribution in [2.75, 3.05) is 0 Å². The van der Waals surface area contributed by atoms with Crippen LogP contribution in [-0.4, -0.2) is 4.57 Å². The van der Waals surface area contributed by atoms with Crippen molar-refractivity contribution in [3.8, 4) is 0 Å². The number of nitrogens with zero attached hydrogens (tertiary/aromatic N) is 1. The molecule has 0 unspecified atom stereocenters. The van der Waals surface area contributed by atoms with E-state index in [1.54, 1.807) is 5.69 Å². The van der Waals surface area contributed by atoms with Crippen LogP contribution in [0.3, 0.4) is 0 Å². The molecular weight excluding hydrogens is 278 g/mol. The Labute approximate surface area is 140 Å². The van der Waals surface area contributed by atoms with Gasteiger partial charge in [0.15, 0.2) is 0 Å². The van der Waals surface area contributed by atoms with Crippen LogP contribution in [0.1, 0.15) is 64.0 Å². The highest BCUT2D eigenvalue weighted by molar-refractivity contribution is 5.81. The monoisotopic (exact) mass is 307 g/mol. The van der Waals surface area contributed by atoms with E-state index in [9.17, 15) is 0 Å². The van der Waals surface area contributed by atoms with Gasteiger partial charge >= 0.3 is 0 Å². The minimum absolute atomic E-state index is 0.459. The lowest BCUT2D eigenvalue weighted by atomic mass is 9.53. The molecule has 0 atom stereocenters. The Balaban J connectivity index is 1.66. The topological polar surface area (TPSA) is 4.93 Å². The van der Waals surface area contributed by atoms with Gasteiger partial charge in [-0.15, -0.1) is 0 Å². The average Bonchev–Trinajstić information content (AvgIpc) is 2.90. The van der Waals surface area contributed by atoms with Crippen molar-refractivity contribution < 1.29 is 0 Å². The smallest absolute Gasteiger partial charge is 0.0487 e. The van der Waals surface area contributed by atoms with Crippen LogP contribution in [0.15, 0.2) is 30.3 Å². The van der Waals surface area contributed by atoms with Crippen LogP contribution in [0.5, 0.6) is 0 Å². The number of hydrogen-bond acceptors (Lipinski definition) is 0. The van der Waals surface area contributed by atoms with E-state index in [1.807, 2.05) is 0 Å². The molecule has 4 fully saturated rings. The van der Waals surface area contributed by atoms with Gasteiger partial charge in [0, 0.05) is 16.7 Å². The van der Waals surface area contributed by atoms with Gasteiger partial charge < -0.3 is 4.57 Å². The summed E-state index contributed by atoms with van der Waals surface area (Å²) in [6.45, 7) is 2.32. The van der Waals surface area contributed by atoms with Gasteiger partial charge in [-0.25, -0.2) is 0 Å². The predicted molar refractivity (Wildman–Crippen MR) is 96.7 cm³/mol. The van der Waals surface area contributed by atoms with E-state index in [4.69, 9.17) is 0 Å². The summed E-state index contributed by atoms with van der Waals surface area (Å²) >= 11 is 0. The zero-order valence-corrected chi connectivity index (χ0v) is 14.4. The Morgan fingerprint density at radius 2 is 1.65 bits per heavy atom. The third kappa shape index (κ3) is 2.12. The molecule has 1 heterocycles. The summed E-state index contributed by atoms with van der Waals surface area (Å²) in [5.41, 5.74) is 3.59. The van der Waals surface area contributed by atoms with Crippen LogP contribution in [0, 0.1) is 17.8 Å². The molecule has 6 rings (SSSR count). The Hall–Kier alpha value is -1.24. The minimum atomic E-state index is 0.459. The first-order valence-corrected chi connectivity index (χ1v) is 9.87. The lowest BCUT2D eigenvalue weighted by Crippen LogP contribution is -2.52. The largest absolute Gasteiger partial charge is 0.338 e. The summed E-state index contributed by atoms with van der Waals surface area (Å²) in [6, 6.07) is 11.6. The van der Waals surface area contributed by atoms with Crippen LogP contribution < -0.4 is 0 Å². The molecule has 0 N–H and O–H groups in total. The molecule has 0 saturated heterocycles. The summed E-state index contributed by atoms with van der Waals surface area (Å²) < 4.78 is 2.85. The number of unbranched alkanes of at least 4 members (excludes halogenated alkanes) is 1. The molecule has 2 aromatic rings. The van der Waals surface area contributed by atoms with E-state index in [0.717, 1.165) is 17.8 Å². The zero-order chi connectivity index (χ0) is 15.4. The molecule has 23 heavy (non-hydrogen) atoms. The molecule has 4 saturated carbocycles. The van der Waals surface area contributed by atoms with Gasteiger partial charge in [0.2, 0.25) is 0 Å². The van der Waals surface area contributed by atoms with Crippen molar-refractivity contribution in [2.45, 2.75) is 70.3 Å². The second-order valence-electron chi connectivity index (χ2n) is 8.78. The number of para-hydroxylation sites is 1. The number of fused-ring (bicyclic) bond motifs is 1. The minimum Gasteiger partial charge on any atom is -0.338 e. The van der Waals surface area contributed by atoms with Gasteiger partial charge in [0.05, 0.1) is 0 Å². The van der Waals surface area contributed by atoms with Crippen LogP contribution in [0.2, 0.25) is 0 Å². The third-order valence-corrected chi connectivity index (χ3v) is 7.05. The highest BCUT2D eigenvalue weighted by Crippen LogP contribution is 2.59. The number of rotatable bonds is 4. The van der Waals surface area contributed by atoms with Gasteiger partial charge in [-0.3, -0.25) is 0 Å². The normalized spacial score (nSPS) is 35.3. The van der Waals surface area contributed by atoms with E-state index >= 15 is 0 Å². The highest BCUT2D eigenvalue weighted by atomic mass is 15.1. The van der Waals surface area contributed by atoms with Crippen molar-refractivity contribution in [2.24, 2.45) is 17.8 Å². The van der Waals surface area contributed by atoms with Gasteiger partial charge in [0.25, 0.3) is 0 Å². The van der Waals surface area contributed by atoms with Crippen LogP contribution in [0.25, 0.3) is 10.9 Å². The van der Waals surface area contributed by atoms with Gasteiger partial charge in [-0.05, 0) is 86.6 Å². The Morgan fingerprint density at radius 1 is 1.00 bits per heavy atom. The second kappa shape index (κ2) is 5.13. The van der Waals surface area contributed by atoms with Gasteiger partial charge in [-0.1, -0.05) is 31.5 Å². The van der Waals surface area contributed by atoms with E-state index in [0.29, 0.717) is 5.54 Å². The quantitative estimate of drug-likeness (QED) is 0.662. The first-order valence-electron chi connectivity index (χ1n) is 9.87. The second-order valence-corrected chi connectivity index (χ2v) is 8.78. The fourth-order valence-corrected chi connectivity index (χ4v) is 6.65. The van der Waals surface area contributed by atoms with E-state index in [2.05, 4.69) is 41.8 Å². The molecule has 4 aliphatic rings. The van der Waals surface area contributed by atoms with Crippen molar-refractivity contribution in [1.29, 1.82) is 0 Å². The van der Waals surface area contributed by atoms with Gasteiger partial charge in [0.1, 0.15) is 0 Å². The molecule has 0 aliphatic heterocycles. The molecule has 1 heteroatoms. The predicted octanol–water partition coefficient (Wildman–Crippen LogP) is 5.91. The molecule has 0 amide bonds. The fourth-order valence-electron chi connectivity index (χ4n) is 6.65. The molecule has 1 nitrogen and oxygen atoms in total. The third-order valence-electron chi connectivity index (χ3n) is 7.05. The molecule has 122 valence electrons. The summed E-state index contributed by atoms with van der Waals surface area (Å²) in [5, 5.41) is 1.47. The fraction of sp³-hybridized carbons (Fsp3) is 0.636. The van der Waals surface area contributed by atoms with Crippen molar-refractivity contribution in [1.82, 2.24) is 4.57 Å². The summed E-state index contributed by atoms with van der Waals surface area (Å²) in [7, 11) is 0. The van der Waals surface area contributed by atoms with E-state index < -0.39 is 0 Å². The van der Waals surface area contributed by atoms with E-state index in [1.165, 1.54) is 68.7 Å². The summed E-state index contributed by atoms with van der Waals surface area (Å²) in [6.07, 6.45) is 12.8. The number of aryl methyl sites for hydroxylation is 1. The van der Waals surface area contributed by atoms with Crippen molar-refractivity contribution in [3.63, 3.8) is 0 Å². The molecular formula is C22H29N. The standard InChI is InChI=1S/C22H29N/c1-2-3-7-20-12-19-6-4-5-8-21(19)23(20)22-13-16-9-17(14-22)11-18(10-16)15-22/h4-6,8,12,16-18H,2-3,7,9-11,13-15H2,1H3. The van der Waals surface area contributed by atoms with Crippen LogP contribution in [0.4, 0.5) is 0 Å². The van der Waals surface area contributed by atoms with Gasteiger partial charge in [-0.2, -0.15) is 0 Å². The summed E-state index contributed by atoms with van der Waals surface area (Å²) in [5.74, 6) is 3.05. The molecule has 1 aromatic heterocycles. The lowest BCUT2D eigenvalue weighted by molar-refractivity contribution is -0.0419. The number of benzene rings is 1. The maximum absolute atomic E-state index is 2.85. The van der Waals surface area contributed by atoms with E-state index in [-0.39, 0.29) is 0 Å². The Bertz CT molecular complexity index is 687. The average molecular weight is 307 g/mol. The Morgan fingerprint density at radius 3 is 2.30 bits per heavy atom. The Kier molecular flexibility index (Phi) is 3.15. The first-order chi connectivity index (χ1) is 11.3. The summed E-state index contributed by atoms with van der Waals surface area (Å²) in [4.78, 5) is 0. The van der Waals surface area contributed by atoms with Crippen molar-refractivity contribution in [3.05, 3.63) is 36.0 Å². The van der Waals surface area contributed by atoms with Crippen molar-refractivity contribution >= 4 is 10.9 Å². The maximum atomic E-state index is 2.85. The SMILES string of the molecule is CCCCc1cc2ccccc2n1C12CC3CC(CC(C3)C1)C2. The maximum Gasteiger partial charge on any atom is 0.0487 e. The molecule has 4 bridgehead atoms. The number of hydrogen-bond donors (Lipinski definition) is 0. The molecule has 0 spiro atoms. The van der Waals surface area contributed by atoms with Crippen LogP contribution in [-0.2, 0) is 12.0 Å². The first kappa shape index (κ1) is 14.1.